The van der Waals surface area contributed by atoms with Crippen LogP contribution >= 0.6 is 0 Å². The molecule has 12 heteroatoms. The lowest BCUT2D eigenvalue weighted by molar-refractivity contribution is -0.142. The van der Waals surface area contributed by atoms with Gasteiger partial charge in [-0.1, -0.05) is 0 Å². The molecule has 2 fully saturated rings. The number of rotatable bonds is 6. The van der Waals surface area contributed by atoms with E-state index in [0.717, 1.165) is 4.90 Å². The lowest BCUT2D eigenvalue weighted by Crippen LogP contribution is -2.35. The average molecular weight is 539 g/mol. The number of aliphatic imine (C=N–C) groups is 1. The van der Waals surface area contributed by atoms with Crippen molar-refractivity contribution < 1.29 is 48.3 Å². The molecule has 0 bridgehead atoms. The zero-order valence-electron chi connectivity index (χ0n) is 21.2. The fourth-order valence-electron chi connectivity index (χ4n) is 5.97. The Morgan fingerprint density at radius 3 is 2.31 bits per heavy atom. The number of hydrogen-bond acceptors (Lipinski definition) is 11. The molecule has 2 saturated heterocycles. The van der Waals surface area contributed by atoms with E-state index in [0.29, 0.717) is 28.2 Å². The molecule has 12 nitrogen and oxygen atoms in total. The second kappa shape index (κ2) is 9.45. The van der Waals surface area contributed by atoms with Gasteiger partial charge in [-0.2, -0.15) is 0 Å². The molecule has 2 aromatic rings. The Kier molecular flexibility index (Phi) is 6.06. The Morgan fingerprint density at radius 2 is 1.67 bits per heavy atom. The molecule has 0 spiro atoms. The lowest BCUT2D eigenvalue weighted by atomic mass is 9.65. The van der Waals surface area contributed by atoms with Gasteiger partial charge in [0.2, 0.25) is 18.4 Å². The molecule has 39 heavy (non-hydrogen) atoms. The number of benzene rings is 2. The number of methoxy groups -OCH3 is 2. The van der Waals surface area contributed by atoms with Crippen molar-refractivity contribution in [3.63, 3.8) is 0 Å². The summed E-state index contributed by atoms with van der Waals surface area (Å²) in [6, 6.07) is 6.20. The van der Waals surface area contributed by atoms with Gasteiger partial charge in [-0.3, -0.25) is 24.3 Å². The number of carbonyl (C=O) groups is 3. The van der Waals surface area contributed by atoms with Crippen LogP contribution in [0.1, 0.15) is 35.1 Å². The molecule has 4 atom stereocenters. The van der Waals surface area contributed by atoms with Crippen molar-refractivity contribution in [3.05, 3.63) is 41.0 Å². The minimum Gasteiger partial charge on any atom is -0.502 e. The normalized spacial score (nSPS) is 26.1. The fraction of sp³-hybridized carbons (Fsp3) is 0.407. The van der Waals surface area contributed by atoms with Crippen LogP contribution in [0.3, 0.4) is 0 Å². The van der Waals surface area contributed by atoms with Gasteiger partial charge in [0.1, 0.15) is 5.71 Å². The van der Waals surface area contributed by atoms with Crippen molar-refractivity contribution >= 4 is 23.5 Å². The minimum absolute atomic E-state index is 0.0287. The molecule has 2 amide bonds. The largest absolute Gasteiger partial charge is 0.502 e. The SMILES string of the molecule is COc1cc([C@@H]2c3cc4c(cc3[C@@H](N=C3CC(=O)N(CCO)C3=O)[C@H]3COC(=O)[C@H]23)OCO4)cc(OC)c1O. The lowest BCUT2D eigenvalue weighted by Gasteiger charge is -2.37. The quantitative estimate of drug-likeness (QED) is 0.406. The molecular weight excluding hydrogens is 512 g/mol. The first-order chi connectivity index (χ1) is 18.9. The molecule has 0 unspecified atom stereocenters. The zero-order valence-corrected chi connectivity index (χ0v) is 21.2. The number of cyclic esters (lactones) is 1. The second-order valence-corrected chi connectivity index (χ2v) is 9.68. The molecular formula is C27H26N2O10. The number of aromatic hydroxyl groups is 1. The summed E-state index contributed by atoms with van der Waals surface area (Å²) in [6.07, 6.45) is -0.197. The van der Waals surface area contributed by atoms with Crippen molar-refractivity contribution in [2.24, 2.45) is 16.8 Å². The summed E-state index contributed by atoms with van der Waals surface area (Å²) < 4.78 is 27.6. The maximum Gasteiger partial charge on any atom is 0.310 e. The number of carbonyl (C=O) groups excluding carboxylic acids is 3. The van der Waals surface area contributed by atoms with Crippen molar-refractivity contribution in [2.75, 3.05) is 40.8 Å². The van der Waals surface area contributed by atoms with E-state index in [9.17, 15) is 24.6 Å². The number of esters is 1. The molecule has 4 aliphatic rings. The van der Waals surface area contributed by atoms with E-state index in [2.05, 4.69) is 0 Å². The molecule has 0 aromatic heterocycles. The number of imide groups is 1. The summed E-state index contributed by atoms with van der Waals surface area (Å²) in [5.41, 5.74) is 2.10. The zero-order chi connectivity index (χ0) is 27.4. The van der Waals surface area contributed by atoms with Gasteiger partial charge >= 0.3 is 5.97 Å². The van der Waals surface area contributed by atoms with Gasteiger partial charge in [-0.15, -0.1) is 0 Å². The topological polar surface area (TPSA) is 153 Å². The summed E-state index contributed by atoms with van der Waals surface area (Å²) in [6.45, 7) is -0.378. The molecule has 6 rings (SSSR count). The van der Waals surface area contributed by atoms with Gasteiger partial charge in [-0.25, -0.2) is 0 Å². The fourth-order valence-corrected chi connectivity index (χ4v) is 5.97. The third-order valence-corrected chi connectivity index (χ3v) is 7.74. The highest BCUT2D eigenvalue weighted by molar-refractivity contribution is 6.48. The third-order valence-electron chi connectivity index (χ3n) is 7.74. The predicted octanol–water partition coefficient (Wildman–Crippen LogP) is 1.31. The number of ether oxygens (including phenoxy) is 5. The van der Waals surface area contributed by atoms with Gasteiger partial charge in [0.25, 0.3) is 5.91 Å². The average Bonchev–Trinajstić information content (AvgIpc) is 3.62. The Labute approximate surface area is 222 Å². The first-order valence-corrected chi connectivity index (χ1v) is 12.4. The van der Waals surface area contributed by atoms with Crippen molar-refractivity contribution in [2.45, 2.75) is 18.4 Å². The molecule has 3 heterocycles. The highest BCUT2D eigenvalue weighted by atomic mass is 16.7. The number of aliphatic hydroxyl groups excluding tert-OH is 1. The van der Waals surface area contributed by atoms with Crippen molar-refractivity contribution in [1.29, 1.82) is 0 Å². The maximum atomic E-state index is 13.3. The molecule has 2 N–H and O–H groups in total. The molecule has 0 radical (unpaired) electrons. The smallest absolute Gasteiger partial charge is 0.310 e. The highest BCUT2D eigenvalue weighted by Crippen LogP contribution is 2.56. The molecule has 3 aliphatic heterocycles. The Balaban J connectivity index is 1.54. The summed E-state index contributed by atoms with van der Waals surface area (Å²) in [5, 5.41) is 19.8. The van der Waals surface area contributed by atoms with Crippen LogP contribution in [-0.4, -0.2) is 79.4 Å². The van der Waals surface area contributed by atoms with Gasteiger partial charge < -0.3 is 33.9 Å². The van der Waals surface area contributed by atoms with Crippen LogP contribution in [-0.2, 0) is 19.1 Å². The molecule has 2 aromatic carbocycles. The van der Waals surface area contributed by atoms with Crippen LogP contribution in [0.25, 0.3) is 0 Å². The van der Waals surface area contributed by atoms with Crippen molar-refractivity contribution in [1.82, 2.24) is 4.90 Å². The summed E-state index contributed by atoms with van der Waals surface area (Å²) >= 11 is 0. The number of phenols is 1. The number of phenolic OH excluding ortho intramolecular Hbond substituents is 1. The van der Waals surface area contributed by atoms with Gasteiger partial charge in [0, 0.05) is 11.8 Å². The Hall–Kier alpha value is -4.32. The number of likely N-dealkylation sites (tertiary alicyclic amines) is 1. The van der Waals surface area contributed by atoms with Gasteiger partial charge in [-0.05, 0) is 41.0 Å². The van der Waals surface area contributed by atoms with E-state index < -0.39 is 41.6 Å². The summed E-state index contributed by atoms with van der Waals surface area (Å²) in [5.74, 6) is -1.98. The van der Waals surface area contributed by atoms with E-state index in [1.807, 2.05) is 0 Å². The first-order valence-electron chi connectivity index (χ1n) is 12.4. The molecule has 204 valence electrons. The van der Waals surface area contributed by atoms with Crippen LogP contribution in [0.15, 0.2) is 29.3 Å². The minimum atomic E-state index is -0.702. The van der Waals surface area contributed by atoms with E-state index in [-0.39, 0.29) is 55.9 Å². The monoisotopic (exact) mass is 538 g/mol. The predicted molar refractivity (Wildman–Crippen MR) is 132 cm³/mol. The van der Waals surface area contributed by atoms with E-state index in [1.165, 1.54) is 14.2 Å². The number of nitrogens with zero attached hydrogens (tertiary/aromatic N) is 2. The maximum absolute atomic E-state index is 13.3. The molecule has 1 aliphatic carbocycles. The van der Waals surface area contributed by atoms with Crippen LogP contribution in [0.4, 0.5) is 0 Å². The Bertz CT molecular complexity index is 1390. The standard InChI is InChI=1S/C27H26N2O10/c1-35-19-5-12(6-20(36-2)25(19)32)22-13-7-17-18(39-11-38-17)8-14(13)24(15-10-37-27(34)23(15)22)28-16-9-21(31)29(3-4-30)26(16)33/h5-8,15,22-24,30,32H,3-4,9-11H2,1-2H3/t15-,22+,23-,24+/m0/s1. The van der Waals surface area contributed by atoms with Crippen LogP contribution in [0, 0.1) is 11.8 Å². The third kappa shape index (κ3) is 3.85. The second-order valence-electron chi connectivity index (χ2n) is 9.68. The van der Waals surface area contributed by atoms with Crippen LogP contribution in [0.5, 0.6) is 28.7 Å². The number of aliphatic hydroxyl groups is 1. The summed E-state index contributed by atoms with van der Waals surface area (Å²) in [4.78, 5) is 44.4. The number of amides is 2. The summed E-state index contributed by atoms with van der Waals surface area (Å²) in [7, 11) is 2.84. The van der Waals surface area contributed by atoms with E-state index in [1.54, 1.807) is 24.3 Å². The van der Waals surface area contributed by atoms with Gasteiger partial charge in [0.05, 0.1) is 52.4 Å². The Morgan fingerprint density at radius 1 is 1.00 bits per heavy atom. The van der Waals surface area contributed by atoms with E-state index in [4.69, 9.17) is 28.7 Å². The number of fused-ring (bicyclic) bond motifs is 3. The first kappa shape index (κ1) is 25.0. The van der Waals surface area contributed by atoms with Crippen LogP contribution < -0.4 is 18.9 Å². The van der Waals surface area contributed by atoms with Gasteiger partial charge in [0.15, 0.2) is 23.0 Å². The molecule has 0 saturated carbocycles. The highest BCUT2D eigenvalue weighted by Gasteiger charge is 2.53. The van der Waals surface area contributed by atoms with Crippen LogP contribution in [0.2, 0.25) is 0 Å². The number of hydrogen-bond donors (Lipinski definition) is 2. The van der Waals surface area contributed by atoms with E-state index >= 15 is 0 Å². The van der Waals surface area contributed by atoms with Crippen molar-refractivity contribution in [3.8, 4) is 28.7 Å². The number of β-amino-alcohol motifs (C(OH)–C–C–N with tert-alkyl or cyclic N) is 1.